The molecule has 1 heterocycles. The average Bonchev–Trinajstić information content (AvgIpc) is 2.03. The summed E-state index contributed by atoms with van der Waals surface area (Å²) in [6.45, 7) is 4.83. The van der Waals surface area contributed by atoms with E-state index in [1.807, 2.05) is 0 Å². The van der Waals surface area contributed by atoms with Crippen LogP contribution in [0.1, 0.15) is 45.4 Å². The van der Waals surface area contributed by atoms with Crippen LogP contribution < -0.4 is 5.32 Å². The molecule has 0 aromatic carbocycles. The summed E-state index contributed by atoms with van der Waals surface area (Å²) in [7, 11) is 0. The largest absolute Gasteiger partial charge is 0.316 e. The van der Waals surface area contributed by atoms with Gasteiger partial charge in [-0.2, -0.15) is 0 Å². The van der Waals surface area contributed by atoms with Crippen LogP contribution in [0.3, 0.4) is 0 Å². The van der Waals surface area contributed by atoms with Crippen LogP contribution in [0, 0.1) is 5.92 Å². The van der Waals surface area contributed by atoms with Gasteiger partial charge >= 0.3 is 0 Å². The summed E-state index contributed by atoms with van der Waals surface area (Å²) in [6.07, 6.45) is 8.60. The van der Waals surface area contributed by atoms with E-state index in [1.54, 1.807) is 0 Å². The molecule has 1 N–H and O–H groups in total. The fourth-order valence-electron chi connectivity index (χ4n) is 1.72. The third-order valence-electron chi connectivity index (χ3n) is 2.54. The van der Waals surface area contributed by atoms with E-state index in [0.717, 1.165) is 5.92 Å². The van der Waals surface area contributed by atoms with Crippen molar-refractivity contribution in [2.75, 3.05) is 13.1 Å². The first kappa shape index (κ1) is 9.05. The van der Waals surface area contributed by atoms with Crippen molar-refractivity contribution in [2.24, 2.45) is 5.92 Å². The zero-order valence-corrected chi connectivity index (χ0v) is 7.73. The molecule has 1 aliphatic rings. The maximum absolute atomic E-state index is 3.50. The molecule has 0 radical (unpaired) electrons. The Hall–Kier alpha value is -0.0400. The lowest BCUT2D eigenvalue weighted by Gasteiger charge is -2.14. The van der Waals surface area contributed by atoms with Gasteiger partial charge in [0, 0.05) is 0 Å². The number of nitrogens with one attached hydrogen (secondary N) is 1. The molecule has 0 aliphatic carbocycles. The van der Waals surface area contributed by atoms with E-state index in [9.17, 15) is 0 Å². The molecule has 11 heavy (non-hydrogen) atoms. The Labute approximate surface area is 70.6 Å². The molecule has 0 aromatic rings. The molecular weight excluding hydrogens is 134 g/mol. The van der Waals surface area contributed by atoms with Crippen LogP contribution in [0.2, 0.25) is 0 Å². The zero-order chi connectivity index (χ0) is 7.94. The zero-order valence-electron chi connectivity index (χ0n) is 7.73. The molecule has 0 spiro atoms. The molecule has 1 atom stereocenters. The maximum atomic E-state index is 3.50. The van der Waals surface area contributed by atoms with Crippen LogP contribution in [0.4, 0.5) is 0 Å². The minimum Gasteiger partial charge on any atom is -0.316 e. The van der Waals surface area contributed by atoms with Gasteiger partial charge in [-0.1, -0.05) is 32.6 Å². The lowest BCUT2D eigenvalue weighted by molar-refractivity contribution is 0.428. The second-order valence-electron chi connectivity index (χ2n) is 3.87. The Morgan fingerprint density at radius 2 is 1.73 bits per heavy atom. The molecule has 0 saturated carbocycles. The number of rotatable bonds is 0. The standard InChI is InChI=1S/C10H21N/c1-10-7-5-3-2-4-6-8-11-9-10/h10-11H,2-9H2,1H3/t10-/m1/s1. The molecule has 1 heteroatoms. The van der Waals surface area contributed by atoms with Crippen LogP contribution in [0.5, 0.6) is 0 Å². The Bertz CT molecular complexity index is 80.9. The highest BCUT2D eigenvalue weighted by molar-refractivity contribution is 4.60. The van der Waals surface area contributed by atoms with Gasteiger partial charge in [0.1, 0.15) is 0 Å². The van der Waals surface area contributed by atoms with Gasteiger partial charge in [0.2, 0.25) is 0 Å². The van der Waals surface area contributed by atoms with Crippen LogP contribution in [0.25, 0.3) is 0 Å². The third-order valence-corrected chi connectivity index (χ3v) is 2.54. The van der Waals surface area contributed by atoms with Crippen molar-refractivity contribution in [1.82, 2.24) is 5.32 Å². The molecule has 1 rings (SSSR count). The SMILES string of the molecule is C[C@@H]1CCCCCCCNC1. The van der Waals surface area contributed by atoms with Gasteiger partial charge in [0.15, 0.2) is 0 Å². The van der Waals surface area contributed by atoms with Gasteiger partial charge in [-0.15, -0.1) is 0 Å². The lowest BCUT2D eigenvalue weighted by Crippen LogP contribution is -2.22. The van der Waals surface area contributed by atoms with Crippen molar-refractivity contribution in [1.29, 1.82) is 0 Å². The minimum absolute atomic E-state index is 0.896. The fraction of sp³-hybridized carbons (Fsp3) is 1.00. The number of hydrogen-bond donors (Lipinski definition) is 1. The van der Waals surface area contributed by atoms with Crippen LogP contribution >= 0.6 is 0 Å². The molecule has 0 bridgehead atoms. The Balaban J connectivity index is 2.12. The smallest absolute Gasteiger partial charge is 0.00232 e. The topological polar surface area (TPSA) is 12.0 Å². The molecule has 1 nitrogen and oxygen atoms in total. The van der Waals surface area contributed by atoms with E-state index >= 15 is 0 Å². The van der Waals surface area contributed by atoms with E-state index in [0.29, 0.717) is 0 Å². The molecule has 1 fully saturated rings. The first-order valence-electron chi connectivity index (χ1n) is 5.10. The predicted molar refractivity (Wildman–Crippen MR) is 49.7 cm³/mol. The van der Waals surface area contributed by atoms with E-state index in [-0.39, 0.29) is 0 Å². The average molecular weight is 155 g/mol. The monoisotopic (exact) mass is 155 g/mol. The Morgan fingerprint density at radius 1 is 1.00 bits per heavy atom. The Kier molecular flexibility index (Phi) is 4.60. The molecule has 0 amide bonds. The predicted octanol–water partition coefficient (Wildman–Crippen LogP) is 2.57. The van der Waals surface area contributed by atoms with E-state index < -0.39 is 0 Å². The summed E-state index contributed by atoms with van der Waals surface area (Å²) in [6, 6.07) is 0. The second-order valence-corrected chi connectivity index (χ2v) is 3.87. The molecular formula is C10H21N. The van der Waals surface area contributed by atoms with E-state index in [4.69, 9.17) is 0 Å². The van der Waals surface area contributed by atoms with Crippen LogP contribution in [-0.2, 0) is 0 Å². The van der Waals surface area contributed by atoms with Gasteiger partial charge in [-0.3, -0.25) is 0 Å². The van der Waals surface area contributed by atoms with Crippen LogP contribution in [0.15, 0.2) is 0 Å². The maximum Gasteiger partial charge on any atom is -0.00232 e. The third kappa shape index (κ3) is 4.41. The first-order chi connectivity index (χ1) is 5.39. The highest BCUT2D eigenvalue weighted by Crippen LogP contribution is 2.11. The van der Waals surface area contributed by atoms with Crippen molar-refractivity contribution < 1.29 is 0 Å². The normalized spacial score (nSPS) is 29.7. The summed E-state index contributed by atoms with van der Waals surface area (Å²) in [5.74, 6) is 0.896. The molecule has 0 unspecified atom stereocenters. The first-order valence-corrected chi connectivity index (χ1v) is 5.10. The summed E-state index contributed by atoms with van der Waals surface area (Å²) in [5.41, 5.74) is 0. The molecule has 66 valence electrons. The van der Waals surface area contributed by atoms with Crippen molar-refractivity contribution >= 4 is 0 Å². The fourth-order valence-corrected chi connectivity index (χ4v) is 1.72. The highest BCUT2D eigenvalue weighted by atomic mass is 14.8. The number of hydrogen-bond acceptors (Lipinski definition) is 1. The van der Waals surface area contributed by atoms with Gasteiger partial charge in [0.25, 0.3) is 0 Å². The van der Waals surface area contributed by atoms with E-state index in [1.165, 1.54) is 51.6 Å². The second kappa shape index (κ2) is 5.59. The minimum atomic E-state index is 0.896. The van der Waals surface area contributed by atoms with Crippen molar-refractivity contribution in [3.05, 3.63) is 0 Å². The van der Waals surface area contributed by atoms with Gasteiger partial charge < -0.3 is 5.32 Å². The van der Waals surface area contributed by atoms with Crippen molar-refractivity contribution in [2.45, 2.75) is 45.4 Å². The van der Waals surface area contributed by atoms with Gasteiger partial charge in [0.05, 0.1) is 0 Å². The molecule has 0 aromatic heterocycles. The van der Waals surface area contributed by atoms with Crippen molar-refractivity contribution in [3.8, 4) is 0 Å². The summed E-state index contributed by atoms with van der Waals surface area (Å²) in [4.78, 5) is 0. The lowest BCUT2D eigenvalue weighted by atomic mass is 10.0. The van der Waals surface area contributed by atoms with Crippen LogP contribution in [-0.4, -0.2) is 13.1 Å². The Morgan fingerprint density at radius 3 is 2.64 bits per heavy atom. The van der Waals surface area contributed by atoms with Gasteiger partial charge in [-0.05, 0) is 31.8 Å². The quantitative estimate of drug-likeness (QED) is 0.567. The van der Waals surface area contributed by atoms with Gasteiger partial charge in [-0.25, -0.2) is 0 Å². The summed E-state index contributed by atoms with van der Waals surface area (Å²) >= 11 is 0. The van der Waals surface area contributed by atoms with Crippen molar-refractivity contribution in [3.63, 3.8) is 0 Å². The highest BCUT2D eigenvalue weighted by Gasteiger charge is 2.02. The molecule has 1 saturated heterocycles. The summed E-state index contributed by atoms with van der Waals surface area (Å²) in [5, 5.41) is 3.50. The van der Waals surface area contributed by atoms with E-state index in [2.05, 4.69) is 12.2 Å². The summed E-state index contributed by atoms with van der Waals surface area (Å²) < 4.78 is 0. The molecule has 1 aliphatic heterocycles.